The van der Waals surface area contributed by atoms with Gasteiger partial charge in [-0.05, 0) is 24.5 Å². The van der Waals surface area contributed by atoms with Crippen molar-refractivity contribution in [2.45, 2.75) is 32.4 Å². The summed E-state index contributed by atoms with van der Waals surface area (Å²) in [6.45, 7) is 4.31. The Balaban J connectivity index is 2.48. The second-order valence-electron chi connectivity index (χ2n) is 4.64. The molecule has 1 aromatic heterocycles. The molecule has 5 nitrogen and oxygen atoms in total. The van der Waals surface area contributed by atoms with E-state index in [1.807, 2.05) is 13.8 Å². The Kier molecular flexibility index (Phi) is 5.88. The number of furan rings is 1. The summed E-state index contributed by atoms with van der Waals surface area (Å²) in [5.74, 6) is 0.536. The lowest BCUT2D eigenvalue weighted by Crippen LogP contribution is -2.40. The van der Waals surface area contributed by atoms with E-state index in [0.29, 0.717) is 18.1 Å². The normalized spacial score (nSPS) is 14.5. The van der Waals surface area contributed by atoms with Gasteiger partial charge in [-0.25, -0.2) is 0 Å². The minimum atomic E-state index is -0.765. The van der Waals surface area contributed by atoms with E-state index in [0.717, 1.165) is 0 Å². The van der Waals surface area contributed by atoms with Crippen LogP contribution in [0.15, 0.2) is 22.8 Å². The summed E-state index contributed by atoms with van der Waals surface area (Å²) < 4.78 is 9.82. The number of methoxy groups -OCH3 is 1. The third-order valence-corrected chi connectivity index (χ3v) is 2.62. The average Bonchev–Trinajstić information content (AvgIpc) is 2.86. The molecule has 18 heavy (non-hydrogen) atoms. The molecule has 0 aromatic carbocycles. The van der Waals surface area contributed by atoms with Crippen molar-refractivity contribution in [1.82, 2.24) is 5.32 Å². The zero-order chi connectivity index (χ0) is 13.5. The number of esters is 1. The van der Waals surface area contributed by atoms with Crippen LogP contribution in [0.5, 0.6) is 0 Å². The minimum Gasteiger partial charge on any atom is -0.468 e. The van der Waals surface area contributed by atoms with Gasteiger partial charge < -0.3 is 19.6 Å². The summed E-state index contributed by atoms with van der Waals surface area (Å²) in [6.07, 6.45) is 1.40. The summed E-state index contributed by atoms with van der Waals surface area (Å²) in [4.78, 5) is 11.6. The summed E-state index contributed by atoms with van der Waals surface area (Å²) >= 11 is 0. The van der Waals surface area contributed by atoms with Crippen molar-refractivity contribution in [3.05, 3.63) is 24.2 Å². The Morgan fingerprint density at radius 1 is 1.56 bits per heavy atom. The molecule has 0 saturated heterocycles. The molecule has 0 radical (unpaired) electrons. The molecule has 5 heteroatoms. The first kappa shape index (κ1) is 14.7. The van der Waals surface area contributed by atoms with Crippen LogP contribution in [0.2, 0.25) is 0 Å². The third kappa shape index (κ3) is 4.50. The van der Waals surface area contributed by atoms with Gasteiger partial charge in [0.25, 0.3) is 0 Å². The molecular weight excluding hydrogens is 234 g/mol. The van der Waals surface area contributed by atoms with Crippen LogP contribution < -0.4 is 5.32 Å². The molecule has 0 aliphatic heterocycles. The van der Waals surface area contributed by atoms with Gasteiger partial charge in [-0.1, -0.05) is 13.8 Å². The lowest BCUT2D eigenvalue weighted by atomic mass is 10.0. The van der Waals surface area contributed by atoms with Gasteiger partial charge in [0, 0.05) is 6.54 Å². The Bertz CT molecular complexity index is 348. The largest absolute Gasteiger partial charge is 0.468 e. The summed E-state index contributed by atoms with van der Waals surface area (Å²) in [5.41, 5.74) is 0. The fourth-order valence-corrected chi connectivity index (χ4v) is 1.71. The van der Waals surface area contributed by atoms with Crippen LogP contribution in [-0.4, -0.2) is 30.8 Å². The Labute approximate surface area is 107 Å². The number of ether oxygens (including phenoxy) is 1. The van der Waals surface area contributed by atoms with Crippen molar-refractivity contribution in [3.8, 4) is 0 Å². The summed E-state index contributed by atoms with van der Waals surface area (Å²) in [7, 11) is 1.36. The Hall–Kier alpha value is -1.33. The van der Waals surface area contributed by atoms with Gasteiger partial charge in [-0.15, -0.1) is 0 Å². The van der Waals surface area contributed by atoms with Gasteiger partial charge in [0.1, 0.15) is 17.9 Å². The molecule has 2 unspecified atom stereocenters. The molecule has 0 aliphatic rings. The molecule has 0 bridgehead atoms. The quantitative estimate of drug-likeness (QED) is 0.722. The molecule has 2 atom stereocenters. The van der Waals surface area contributed by atoms with Gasteiger partial charge >= 0.3 is 5.97 Å². The SMILES string of the molecule is COC(=O)C(CC(C)C)NCC(O)c1ccco1. The highest BCUT2D eigenvalue weighted by atomic mass is 16.5. The predicted molar refractivity (Wildman–Crippen MR) is 66.9 cm³/mol. The highest BCUT2D eigenvalue weighted by Crippen LogP contribution is 2.13. The highest BCUT2D eigenvalue weighted by molar-refractivity contribution is 5.75. The molecule has 1 rings (SSSR count). The minimum absolute atomic E-state index is 0.250. The number of hydrogen-bond donors (Lipinski definition) is 2. The number of aliphatic hydroxyl groups is 1. The van der Waals surface area contributed by atoms with Gasteiger partial charge in [0.2, 0.25) is 0 Å². The van der Waals surface area contributed by atoms with Crippen molar-refractivity contribution >= 4 is 5.97 Å². The number of hydrogen-bond acceptors (Lipinski definition) is 5. The third-order valence-electron chi connectivity index (χ3n) is 2.62. The van der Waals surface area contributed by atoms with E-state index in [9.17, 15) is 9.90 Å². The van der Waals surface area contributed by atoms with Crippen molar-refractivity contribution in [3.63, 3.8) is 0 Å². The van der Waals surface area contributed by atoms with E-state index in [4.69, 9.17) is 9.15 Å². The number of aliphatic hydroxyl groups excluding tert-OH is 1. The molecule has 0 fully saturated rings. The predicted octanol–water partition coefficient (Wildman–Crippen LogP) is 1.49. The van der Waals surface area contributed by atoms with E-state index in [1.54, 1.807) is 12.1 Å². The van der Waals surface area contributed by atoms with Gasteiger partial charge in [0.05, 0.1) is 13.4 Å². The Morgan fingerprint density at radius 3 is 2.78 bits per heavy atom. The molecule has 0 amide bonds. The number of carbonyl (C=O) groups is 1. The van der Waals surface area contributed by atoms with E-state index in [1.165, 1.54) is 13.4 Å². The van der Waals surface area contributed by atoms with Crippen molar-refractivity contribution < 1.29 is 19.1 Å². The fourth-order valence-electron chi connectivity index (χ4n) is 1.71. The second kappa shape index (κ2) is 7.18. The maximum atomic E-state index is 11.6. The van der Waals surface area contributed by atoms with Crippen LogP contribution in [0, 0.1) is 5.92 Å². The number of rotatable bonds is 7. The molecule has 2 N–H and O–H groups in total. The van der Waals surface area contributed by atoms with Crippen LogP contribution in [0.4, 0.5) is 0 Å². The van der Waals surface area contributed by atoms with Crippen molar-refractivity contribution in [1.29, 1.82) is 0 Å². The van der Waals surface area contributed by atoms with Gasteiger partial charge in [-0.3, -0.25) is 4.79 Å². The molecular formula is C13H21NO4. The maximum absolute atomic E-state index is 11.6. The van der Waals surface area contributed by atoms with Crippen LogP contribution in [0.1, 0.15) is 32.1 Å². The lowest BCUT2D eigenvalue weighted by molar-refractivity contribution is -0.143. The zero-order valence-electron chi connectivity index (χ0n) is 11.1. The highest BCUT2D eigenvalue weighted by Gasteiger charge is 2.21. The molecule has 0 spiro atoms. The average molecular weight is 255 g/mol. The lowest BCUT2D eigenvalue weighted by Gasteiger charge is -2.19. The smallest absolute Gasteiger partial charge is 0.322 e. The monoisotopic (exact) mass is 255 g/mol. The van der Waals surface area contributed by atoms with Crippen LogP contribution in [-0.2, 0) is 9.53 Å². The molecule has 0 aliphatic carbocycles. The standard InChI is InChI=1S/C13H21NO4/c1-9(2)7-10(13(16)17-3)14-8-11(15)12-5-4-6-18-12/h4-6,9-11,14-15H,7-8H2,1-3H3. The second-order valence-corrected chi connectivity index (χ2v) is 4.64. The number of nitrogens with one attached hydrogen (secondary N) is 1. The Morgan fingerprint density at radius 2 is 2.28 bits per heavy atom. The van der Waals surface area contributed by atoms with Crippen molar-refractivity contribution in [2.75, 3.05) is 13.7 Å². The first-order valence-corrected chi connectivity index (χ1v) is 6.07. The molecule has 102 valence electrons. The molecule has 1 heterocycles. The van der Waals surface area contributed by atoms with E-state index < -0.39 is 12.1 Å². The van der Waals surface area contributed by atoms with E-state index in [2.05, 4.69) is 5.32 Å². The van der Waals surface area contributed by atoms with E-state index >= 15 is 0 Å². The van der Waals surface area contributed by atoms with Gasteiger partial charge in [0.15, 0.2) is 0 Å². The molecule has 1 aromatic rings. The zero-order valence-corrected chi connectivity index (χ0v) is 11.1. The topological polar surface area (TPSA) is 71.7 Å². The van der Waals surface area contributed by atoms with E-state index in [-0.39, 0.29) is 12.5 Å². The molecule has 0 saturated carbocycles. The first-order chi connectivity index (χ1) is 8.54. The summed E-state index contributed by atoms with van der Waals surface area (Å²) in [5, 5.41) is 12.8. The summed E-state index contributed by atoms with van der Waals surface area (Å²) in [6, 6.07) is 3.01. The van der Waals surface area contributed by atoms with Gasteiger partial charge in [-0.2, -0.15) is 0 Å². The van der Waals surface area contributed by atoms with Crippen LogP contribution >= 0.6 is 0 Å². The van der Waals surface area contributed by atoms with Crippen LogP contribution in [0.25, 0.3) is 0 Å². The number of carbonyl (C=O) groups excluding carboxylic acids is 1. The maximum Gasteiger partial charge on any atom is 0.322 e. The fraction of sp³-hybridized carbons (Fsp3) is 0.615. The van der Waals surface area contributed by atoms with Crippen LogP contribution in [0.3, 0.4) is 0 Å². The first-order valence-electron chi connectivity index (χ1n) is 6.07. The van der Waals surface area contributed by atoms with Crippen molar-refractivity contribution in [2.24, 2.45) is 5.92 Å².